The summed E-state index contributed by atoms with van der Waals surface area (Å²) in [4.78, 5) is 14.5. The lowest BCUT2D eigenvalue weighted by atomic mass is 9.75. The van der Waals surface area contributed by atoms with Gasteiger partial charge in [-0.3, -0.25) is 4.79 Å². The van der Waals surface area contributed by atoms with E-state index in [4.69, 9.17) is 5.73 Å². The topological polar surface area (TPSA) is 58.4 Å². The van der Waals surface area contributed by atoms with E-state index in [9.17, 15) is 4.79 Å². The summed E-state index contributed by atoms with van der Waals surface area (Å²) in [6.45, 7) is 9.01. The largest absolute Gasteiger partial charge is 0.353 e. The fourth-order valence-corrected chi connectivity index (χ4v) is 3.11. The third kappa shape index (κ3) is 4.19. The molecule has 0 aromatic heterocycles. The van der Waals surface area contributed by atoms with Gasteiger partial charge in [-0.1, -0.05) is 40.5 Å². The minimum absolute atomic E-state index is 0.0306. The Kier molecular flexibility index (Phi) is 5.61. The highest BCUT2D eigenvalue weighted by atomic mass is 16.2. The number of carbonyl (C=O) groups excluding carboxylic acids is 1. The Morgan fingerprint density at radius 2 is 2.05 bits per heavy atom. The predicted molar refractivity (Wildman–Crippen MR) is 84.5 cm³/mol. The van der Waals surface area contributed by atoms with Crippen molar-refractivity contribution in [2.24, 2.45) is 17.1 Å². The molecule has 0 radical (unpaired) electrons. The Labute approximate surface area is 124 Å². The van der Waals surface area contributed by atoms with Crippen LogP contribution >= 0.6 is 0 Å². The van der Waals surface area contributed by atoms with E-state index < -0.39 is 6.04 Å². The van der Waals surface area contributed by atoms with E-state index in [1.54, 1.807) is 0 Å². The van der Waals surface area contributed by atoms with Gasteiger partial charge in [0.2, 0.25) is 5.91 Å². The molecule has 0 bridgehead atoms. The molecule has 3 N–H and O–H groups in total. The van der Waals surface area contributed by atoms with Crippen molar-refractivity contribution in [2.75, 3.05) is 20.6 Å². The first kappa shape index (κ1) is 17.4. The van der Waals surface area contributed by atoms with Crippen LogP contribution in [-0.2, 0) is 4.79 Å². The van der Waals surface area contributed by atoms with E-state index in [2.05, 4.69) is 31.2 Å². The monoisotopic (exact) mass is 283 g/mol. The maximum atomic E-state index is 12.2. The van der Waals surface area contributed by atoms with Gasteiger partial charge in [-0.15, -0.1) is 0 Å². The van der Waals surface area contributed by atoms with Crippen LogP contribution < -0.4 is 11.1 Å². The molecule has 0 heterocycles. The van der Waals surface area contributed by atoms with Gasteiger partial charge in [0.25, 0.3) is 0 Å². The lowest BCUT2D eigenvalue weighted by Gasteiger charge is -2.45. The van der Waals surface area contributed by atoms with Gasteiger partial charge in [-0.25, -0.2) is 0 Å². The molecule has 3 atom stereocenters. The van der Waals surface area contributed by atoms with Crippen LogP contribution in [0.1, 0.15) is 53.4 Å². The molecule has 0 aromatic rings. The third-order valence-electron chi connectivity index (χ3n) is 4.82. The SMILES string of the molecule is CC1CCCC(CNC(=O)C(N)C(C)(C)C)(N(C)C)C1. The second-order valence-electron chi connectivity index (χ2n) is 7.88. The molecule has 118 valence electrons. The molecule has 4 nitrogen and oxygen atoms in total. The lowest BCUT2D eigenvalue weighted by Crippen LogP contribution is -2.58. The van der Waals surface area contributed by atoms with Crippen molar-refractivity contribution in [1.82, 2.24) is 10.2 Å². The molecule has 0 aromatic carbocycles. The highest BCUT2D eigenvalue weighted by molar-refractivity contribution is 5.82. The smallest absolute Gasteiger partial charge is 0.237 e. The number of carbonyl (C=O) groups is 1. The zero-order valence-electron chi connectivity index (χ0n) is 14.1. The maximum absolute atomic E-state index is 12.2. The second-order valence-corrected chi connectivity index (χ2v) is 7.88. The summed E-state index contributed by atoms with van der Waals surface area (Å²) in [7, 11) is 4.24. The third-order valence-corrected chi connectivity index (χ3v) is 4.82. The minimum atomic E-state index is -0.456. The van der Waals surface area contributed by atoms with Crippen LogP contribution in [0.15, 0.2) is 0 Å². The molecule has 3 unspecified atom stereocenters. The number of nitrogens with two attached hydrogens (primary N) is 1. The molecule has 1 aliphatic carbocycles. The van der Waals surface area contributed by atoms with Crippen molar-refractivity contribution in [2.45, 2.75) is 65.0 Å². The average molecular weight is 283 g/mol. The van der Waals surface area contributed by atoms with Gasteiger partial charge >= 0.3 is 0 Å². The molecule has 1 rings (SSSR count). The number of nitrogens with zero attached hydrogens (tertiary/aromatic N) is 1. The summed E-state index contributed by atoms with van der Waals surface area (Å²) in [5.74, 6) is 0.691. The van der Waals surface area contributed by atoms with Crippen LogP contribution in [0.5, 0.6) is 0 Å². The number of hydrogen-bond donors (Lipinski definition) is 2. The number of rotatable bonds is 4. The first-order valence-electron chi connectivity index (χ1n) is 7.79. The van der Waals surface area contributed by atoms with Crippen LogP contribution in [0.4, 0.5) is 0 Å². The molecule has 1 amide bonds. The summed E-state index contributed by atoms with van der Waals surface area (Å²) in [5, 5.41) is 3.10. The van der Waals surface area contributed by atoms with E-state index in [-0.39, 0.29) is 16.9 Å². The summed E-state index contributed by atoms with van der Waals surface area (Å²) >= 11 is 0. The van der Waals surface area contributed by atoms with E-state index in [1.807, 2.05) is 20.8 Å². The van der Waals surface area contributed by atoms with Gasteiger partial charge in [0.1, 0.15) is 0 Å². The summed E-state index contributed by atoms with van der Waals surface area (Å²) < 4.78 is 0. The van der Waals surface area contributed by atoms with E-state index in [0.29, 0.717) is 6.54 Å². The Morgan fingerprint density at radius 1 is 1.45 bits per heavy atom. The summed E-state index contributed by atoms with van der Waals surface area (Å²) in [5.41, 5.74) is 5.92. The van der Waals surface area contributed by atoms with Crippen molar-refractivity contribution >= 4 is 5.91 Å². The second kappa shape index (κ2) is 6.44. The Hall–Kier alpha value is -0.610. The maximum Gasteiger partial charge on any atom is 0.237 e. The Morgan fingerprint density at radius 3 is 2.50 bits per heavy atom. The number of hydrogen-bond acceptors (Lipinski definition) is 3. The van der Waals surface area contributed by atoms with Crippen LogP contribution in [0.25, 0.3) is 0 Å². The predicted octanol–water partition coefficient (Wildman–Crippen LogP) is 1.99. The first-order valence-corrected chi connectivity index (χ1v) is 7.79. The van der Waals surface area contributed by atoms with Gasteiger partial charge in [-0.05, 0) is 38.3 Å². The Balaban J connectivity index is 2.67. The zero-order valence-corrected chi connectivity index (χ0v) is 14.1. The fourth-order valence-electron chi connectivity index (χ4n) is 3.11. The van der Waals surface area contributed by atoms with Crippen LogP contribution in [0, 0.1) is 11.3 Å². The average Bonchev–Trinajstić information content (AvgIpc) is 2.33. The van der Waals surface area contributed by atoms with E-state index >= 15 is 0 Å². The number of nitrogens with one attached hydrogen (secondary N) is 1. The van der Waals surface area contributed by atoms with Gasteiger partial charge in [-0.2, -0.15) is 0 Å². The normalized spacial score (nSPS) is 29.3. The standard InChI is InChI=1S/C16H33N3O/c1-12-8-7-9-16(10-12,19(5)6)11-18-14(20)13(17)15(2,3)4/h12-13H,7-11,17H2,1-6H3,(H,18,20). The molecule has 1 aliphatic rings. The van der Waals surface area contributed by atoms with Crippen molar-refractivity contribution in [3.63, 3.8) is 0 Å². The number of likely N-dealkylation sites (N-methyl/N-ethyl adjacent to an activating group) is 1. The van der Waals surface area contributed by atoms with Gasteiger partial charge in [0, 0.05) is 12.1 Å². The van der Waals surface area contributed by atoms with E-state index in [1.165, 1.54) is 12.8 Å². The van der Waals surface area contributed by atoms with Crippen LogP contribution in [0.3, 0.4) is 0 Å². The molecule has 1 saturated carbocycles. The van der Waals surface area contributed by atoms with Crippen molar-refractivity contribution in [1.29, 1.82) is 0 Å². The zero-order chi connectivity index (χ0) is 15.6. The lowest BCUT2D eigenvalue weighted by molar-refractivity contribution is -0.125. The van der Waals surface area contributed by atoms with Crippen LogP contribution in [-0.4, -0.2) is 43.0 Å². The highest BCUT2D eigenvalue weighted by Gasteiger charge is 2.38. The van der Waals surface area contributed by atoms with E-state index in [0.717, 1.165) is 18.8 Å². The van der Waals surface area contributed by atoms with Gasteiger partial charge in [0.05, 0.1) is 6.04 Å². The molecule has 0 aliphatic heterocycles. The molecule has 1 fully saturated rings. The molecular formula is C16H33N3O. The Bertz CT molecular complexity index is 335. The van der Waals surface area contributed by atoms with Crippen LogP contribution in [0.2, 0.25) is 0 Å². The quantitative estimate of drug-likeness (QED) is 0.829. The molecule has 0 saturated heterocycles. The minimum Gasteiger partial charge on any atom is -0.353 e. The van der Waals surface area contributed by atoms with Crippen molar-refractivity contribution < 1.29 is 4.79 Å². The molecule has 0 spiro atoms. The highest BCUT2D eigenvalue weighted by Crippen LogP contribution is 2.35. The number of amides is 1. The van der Waals surface area contributed by atoms with Gasteiger partial charge in [0.15, 0.2) is 0 Å². The summed E-state index contributed by atoms with van der Waals surface area (Å²) in [6.07, 6.45) is 4.83. The van der Waals surface area contributed by atoms with Crippen molar-refractivity contribution in [3.8, 4) is 0 Å². The van der Waals surface area contributed by atoms with Crippen molar-refractivity contribution in [3.05, 3.63) is 0 Å². The first-order chi connectivity index (χ1) is 9.08. The molecule has 4 heteroatoms. The summed E-state index contributed by atoms with van der Waals surface area (Å²) in [6, 6.07) is -0.456. The fraction of sp³-hybridized carbons (Fsp3) is 0.938. The molecular weight excluding hydrogens is 250 g/mol. The molecule has 20 heavy (non-hydrogen) atoms. The van der Waals surface area contributed by atoms with Gasteiger partial charge < -0.3 is 16.0 Å².